The van der Waals surface area contributed by atoms with Crippen LogP contribution < -0.4 is 0 Å². The third kappa shape index (κ3) is 4.35. The molecule has 0 unspecified atom stereocenters. The summed E-state index contributed by atoms with van der Waals surface area (Å²) in [6, 6.07) is 0. The van der Waals surface area contributed by atoms with Crippen LogP contribution in [-0.2, 0) is 9.59 Å². The number of aliphatic hydroxyl groups is 2. The molecule has 3 N–H and O–H groups in total. The Morgan fingerprint density at radius 3 is 2.36 bits per heavy atom. The van der Waals surface area contributed by atoms with E-state index < -0.39 is 5.97 Å². The van der Waals surface area contributed by atoms with Crippen LogP contribution >= 0.6 is 0 Å². The smallest absolute Gasteiger partial charge is 0.323 e. The van der Waals surface area contributed by atoms with Crippen molar-refractivity contribution in [1.82, 2.24) is 4.90 Å². The zero-order chi connectivity index (χ0) is 24.1. The van der Waals surface area contributed by atoms with Crippen molar-refractivity contribution in [1.29, 1.82) is 0 Å². The number of nitrogens with zero attached hydrogens (tertiary/aromatic N) is 1. The second kappa shape index (κ2) is 9.14. The molecule has 0 saturated heterocycles. The number of carboxylic acids is 1. The number of hydrogen-bond donors (Lipinski definition) is 3. The maximum atomic E-state index is 12.4. The van der Waals surface area contributed by atoms with Gasteiger partial charge in [0.2, 0.25) is 5.91 Å². The minimum Gasteiger partial charge on any atom is -0.480 e. The number of rotatable bonds is 6. The number of likely N-dealkylation sites (N-methyl/N-ethyl adjacent to an activating group) is 1. The fourth-order valence-electron chi connectivity index (χ4n) is 9.21. The lowest BCUT2D eigenvalue weighted by atomic mass is 9.43. The van der Waals surface area contributed by atoms with E-state index in [-0.39, 0.29) is 35.5 Å². The van der Waals surface area contributed by atoms with Crippen LogP contribution in [0.5, 0.6) is 0 Å². The molecule has 0 spiro atoms. The topological polar surface area (TPSA) is 98.1 Å². The Balaban J connectivity index is 1.44. The van der Waals surface area contributed by atoms with Crippen molar-refractivity contribution < 1.29 is 24.9 Å². The van der Waals surface area contributed by atoms with Crippen LogP contribution in [0.15, 0.2) is 0 Å². The summed E-state index contributed by atoms with van der Waals surface area (Å²) < 4.78 is 0. The molecule has 4 rings (SSSR count). The zero-order valence-corrected chi connectivity index (χ0v) is 21.0. The molecule has 10 atom stereocenters. The standard InChI is InChI=1S/C27H45NO5/c1-16(5-8-23(31)28(4)15-24(32)33)19-6-7-20-25-21(10-12-27(19,20)3)26(2)11-9-18(29)13-17(26)14-22(25)30/h16-22,25,29-30H,5-15H2,1-4H3,(H,32,33)/t16-,17+,18-,19-,20+,21+,22-,25+,26+,27-/m1/s1. The van der Waals surface area contributed by atoms with Crippen LogP contribution in [0.25, 0.3) is 0 Å². The first-order valence-electron chi connectivity index (χ1n) is 13.3. The van der Waals surface area contributed by atoms with Gasteiger partial charge in [-0.3, -0.25) is 9.59 Å². The monoisotopic (exact) mass is 463 g/mol. The van der Waals surface area contributed by atoms with Crippen molar-refractivity contribution in [3.8, 4) is 0 Å². The number of aliphatic hydroxyl groups excluding tert-OH is 2. The summed E-state index contributed by atoms with van der Waals surface area (Å²) >= 11 is 0. The molecule has 33 heavy (non-hydrogen) atoms. The van der Waals surface area contributed by atoms with Gasteiger partial charge < -0.3 is 20.2 Å². The Bertz CT molecular complexity index is 757. The van der Waals surface area contributed by atoms with Gasteiger partial charge >= 0.3 is 5.97 Å². The van der Waals surface area contributed by atoms with Gasteiger partial charge in [0.15, 0.2) is 0 Å². The van der Waals surface area contributed by atoms with Crippen molar-refractivity contribution in [2.75, 3.05) is 13.6 Å². The molecule has 4 saturated carbocycles. The first kappa shape index (κ1) is 25.0. The molecule has 0 radical (unpaired) electrons. The third-order valence-corrected chi connectivity index (χ3v) is 11.0. The molecular weight excluding hydrogens is 418 g/mol. The Morgan fingerprint density at radius 1 is 1.00 bits per heavy atom. The molecular formula is C27H45NO5. The molecule has 0 bridgehead atoms. The highest BCUT2D eigenvalue weighted by molar-refractivity contribution is 5.80. The molecule has 4 aliphatic rings. The largest absolute Gasteiger partial charge is 0.480 e. The number of fused-ring (bicyclic) bond motifs is 5. The molecule has 0 aromatic carbocycles. The number of carboxylic acid groups (broad SMARTS) is 1. The Hall–Kier alpha value is -1.14. The van der Waals surface area contributed by atoms with Gasteiger partial charge in [-0.15, -0.1) is 0 Å². The van der Waals surface area contributed by atoms with E-state index in [1.54, 1.807) is 7.05 Å². The summed E-state index contributed by atoms with van der Waals surface area (Å²) in [6.45, 7) is 6.93. The first-order chi connectivity index (χ1) is 15.5. The molecule has 0 aromatic heterocycles. The van der Waals surface area contributed by atoms with Crippen LogP contribution in [0.2, 0.25) is 0 Å². The summed E-state index contributed by atoms with van der Waals surface area (Å²) in [4.78, 5) is 24.6. The number of aliphatic carboxylic acids is 1. The fraction of sp³-hybridized carbons (Fsp3) is 0.926. The molecule has 4 fully saturated rings. The highest BCUT2D eigenvalue weighted by Crippen LogP contribution is 2.68. The van der Waals surface area contributed by atoms with Gasteiger partial charge in [-0.25, -0.2) is 0 Å². The second-order valence-electron chi connectivity index (χ2n) is 12.6. The van der Waals surface area contributed by atoms with Gasteiger partial charge in [-0.2, -0.15) is 0 Å². The predicted octanol–water partition coefficient (Wildman–Crippen LogP) is 3.94. The van der Waals surface area contributed by atoms with Crippen LogP contribution in [-0.4, -0.2) is 57.9 Å². The van der Waals surface area contributed by atoms with Gasteiger partial charge in [0.1, 0.15) is 6.54 Å². The molecule has 4 aliphatic carbocycles. The van der Waals surface area contributed by atoms with E-state index in [1.807, 2.05) is 0 Å². The fourth-order valence-corrected chi connectivity index (χ4v) is 9.21. The number of hydrogen-bond acceptors (Lipinski definition) is 4. The van der Waals surface area contributed by atoms with Crippen molar-refractivity contribution in [3.63, 3.8) is 0 Å². The highest BCUT2D eigenvalue weighted by Gasteiger charge is 2.62. The lowest BCUT2D eigenvalue weighted by Gasteiger charge is -2.62. The van der Waals surface area contributed by atoms with Crippen molar-refractivity contribution in [2.45, 2.75) is 97.2 Å². The molecule has 6 nitrogen and oxygen atoms in total. The van der Waals surface area contributed by atoms with E-state index in [9.17, 15) is 19.8 Å². The Kier molecular flexibility index (Phi) is 6.92. The normalized spacial score (nSPS) is 45.5. The van der Waals surface area contributed by atoms with Crippen LogP contribution in [0.4, 0.5) is 0 Å². The van der Waals surface area contributed by atoms with Gasteiger partial charge in [-0.05, 0) is 104 Å². The summed E-state index contributed by atoms with van der Waals surface area (Å²) in [5.74, 6) is 1.78. The second-order valence-corrected chi connectivity index (χ2v) is 12.6. The van der Waals surface area contributed by atoms with Crippen LogP contribution in [0.3, 0.4) is 0 Å². The minimum atomic E-state index is -0.976. The van der Waals surface area contributed by atoms with E-state index in [4.69, 9.17) is 5.11 Å². The summed E-state index contributed by atoms with van der Waals surface area (Å²) in [5.41, 5.74) is 0.449. The van der Waals surface area contributed by atoms with E-state index >= 15 is 0 Å². The maximum absolute atomic E-state index is 12.4. The van der Waals surface area contributed by atoms with E-state index in [0.717, 1.165) is 38.5 Å². The lowest BCUT2D eigenvalue weighted by Crippen LogP contribution is -2.58. The molecule has 0 aromatic rings. The number of carbonyl (C=O) groups excluding carboxylic acids is 1. The average Bonchev–Trinajstić information content (AvgIpc) is 3.09. The Labute approximate surface area is 199 Å². The molecule has 0 aliphatic heterocycles. The van der Waals surface area contributed by atoms with Gasteiger partial charge in [-0.1, -0.05) is 20.8 Å². The van der Waals surface area contributed by atoms with Gasteiger partial charge in [0, 0.05) is 13.5 Å². The molecule has 188 valence electrons. The quantitative estimate of drug-likeness (QED) is 0.554. The van der Waals surface area contributed by atoms with Gasteiger partial charge in [0.25, 0.3) is 0 Å². The zero-order valence-electron chi connectivity index (χ0n) is 21.0. The van der Waals surface area contributed by atoms with Crippen LogP contribution in [0, 0.1) is 46.3 Å². The van der Waals surface area contributed by atoms with Crippen molar-refractivity contribution >= 4 is 11.9 Å². The van der Waals surface area contributed by atoms with Crippen molar-refractivity contribution in [2.24, 2.45) is 46.3 Å². The van der Waals surface area contributed by atoms with E-state index in [1.165, 1.54) is 24.2 Å². The van der Waals surface area contributed by atoms with Crippen molar-refractivity contribution in [3.05, 3.63) is 0 Å². The summed E-state index contributed by atoms with van der Waals surface area (Å²) in [7, 11) is 1.57. The first-order valence-corrected chi connectivity index (χ1v) is 13.3. The van der Waals surface area contributed by atoms with Crippen LogP contribution in [0.1, 0.15) is 85.0 Å². The Morgan fingerprint density at radius 2 is 1.67 bits per heavy atom. The number of carbonyl (C=O) groups is 2. The SMILES string of the molecule is C[C@H](CCC(=O)N(C)CC(=O)O)[C@H]1CC[C@H]2[C@@H]3[C@H](O)C[C@@H]4C[C@H](O)CC[C@]4(C)[C@H]3CC[C@]12C. The molecule has 0 heterocycles. The molecule has 1 amide bonds. The predicted molar refractivity (Wildman–Crippen MR) is 126 cm³/mol. The van der Waals surface area contributed by atoms with E-state index in [0.29, 0.717) is 41.9 Å². The summed E-state index contributed by atoms with van der Waals surface area (Å²) in [5, 5.41) is 30.6. The lowest BCUT2D eigenvalue weighted by molar-refractivity contribution is -0.174. The average molecular weight is 464 g/mol. The van der Waals surface area contributed by atoms with E-state index in [2.05, 4.69) is 20.8 Å². The minimum absolute atomic E-state index is 0.0891. The third-order valence-electron chi connectivity index (χ3n) is 11.0. The maximum Gasteiger partial charge on any atom is 0.323 e. The highest BCUT2D eigenvalue weighted by atomic mass is 16.4. The summed E-state index contributed by atoms with van der Waals surface area (Å²) in [6.07, 6.45) is 9.10. The van der Waals surface area contributed by atoms with Gasteiger partial charge in [0.05, 0.1) is 12.2 Å². The number of amides is 1. The molecule has 6 heteroatoms.